The van der Waals surface area contributed by atoms with E-state index in [-0.39, 0.29) is 11.8 Å². The maximum Gasteiger partial charge on any atom is 0.312 e. The molecule has 0 bridgehead atoms. The number of primary amides is 1. The largest absolute Gasteiger partial charge is 0.352 e. The number of amides is 3. The number of anilines is 1. The van der Waals surface area contributed by atoms with Gasteiger partial charge in [-0.25, -0.2) is 4.79 Å². The normalized spacial score (nSPS) is 12.1. The number of benzene rings is 1. The Morgan fingerprint density at radius 2 is 1.95 bits per heavy atom. The van der Waals surface area contributed by atoms with E-state index in [0.29, 0.717) is 5.69 Å². The van der Waals surface area contributed by atoms with Crippen molar-refractivity contribution in [3.8, 4) is 0 Å². The molecule has 0 aliphatic heterocycles. The molecule has 0 saturated carbocycles. The molecule has 1 heterocycles. The average molecular weight is 286 g/mol. The van der Waals surface area contributed by atoms with E-state index in [1.807, 2.05) is 44.2 Å². The monoisotopic (exact) mass is 286 g/mol. The van der Waals surface area contributed by atoms with Gasteiger partial charge < -0.3 is 16.4 Å². The number of aromatic nitrogens is 1. The molecule has 1 unspecified atom stereocenters. The van der Waals surface area contributed by atoms with Gasteiger partial charge in [-0.05, 0) is 18.1 Å². The van der Waals surface area contributed by atoms with E-state index in [4.69, 9.17) is 5.73 Å². The first-order valence-electron chi connectivity index (χ1n) is 6.69. The van der Waals surface area contributed by atoms with Crippen LogP contribution in [0.5, 0.6) is 0 Å². The molecule has 3 amide bonds. The SMILES string of the molecule is CC(C)C(NC(N)=O)C(=O)Nc1cnc2ccccc2c1. The van der Waals surface area contributed by atoms with Crippen LogP contribution in [0.3, 0.4) is 0 Å². The Morgan fingerprint density at radius 1 is 1.24 bits per heavy atom. The number of carbonyl (C=O) groups is 2. The third-order valence-corrected chi connectivity index (χ3v) is 3.10. The number of para-hydroxylation sites is 1. The molecule has 2 aromatic rings. The minimum Gasteiger partial charge on any atom is -0.352 e. The van der Waals surface area contributed by atoms with Crippen LogP contribution in [0.4, 0.5) is 10.5 Å². The molecular weight excluding hydrogens is 268 g/mol. The fourth-order valence-corrected chi connectivity index (χ4v) is 2.05. The molecule has 0 spiro atoms. The number of nitrogens with two attached hydrogens (primary N) is 1. The lowest BCUT2D eigenvalue weighted by atomic mass is 10.0. The second kappa shape index (κ2) is 6.21. The molecule has 1 atom stereocenters. The summed E-state index contributed by atoms with van der Waals surface area (Å²) in [5.74, 6) is -0.396. The molecule has 1 aromatic heterocycles. The number of nitrogens with one attached hydrogen (secondary N) is 2. The van der Waals surface area contributed by atoms with Gasteiger partial charge in [0.2, 0.25) is 5.91 Å². The van der Waals surface area contributed by atoms with Gasteiger partial charge in [-0.2, -0.15) is 0 Å². The average Bonchev–Trinajstić information content (AvgIpc) is 2.44. The molecule has 0 radical (unpaired) electrons. The van der Waals surface area contributed by atoms with Crippen molar-refractivity contribution >= 4 is 28.5 Å². The number of hydrogen-bond acceptors (Lipinski definition) is 3. The van der Waals surface area contributed by atoms with Crippen LogP contribution in [0.1, 0.15) is 13.8 Å². The molecule has 21 heavy (non-hydrogen) atoms. The molecule has 6 nitrogen and oxygen atoms in total. The lowest BCUT2D eigenvalue weighted by Gasteiger charge is -2.20. The highest BCUT2D eigenvalue weighted by atomic mass is 16.2. The lowest BCUT2D eigenvalue weighted by molar-refractivity contribution is -0.118. The van der Waals surface area contributed by atoms with Gasteiger partial charge >= 0.3 is 6.03 Å². The Kier molecular flexibility index (Phi) is 4.37. The molecule has 0 fully saturated rings. The van der Waals surface area contributed by atoms with Gasteiger partial charge in [0.1, 0.15) is 6.04 Å². The lowest BCUT2D eigenvalue weighted by Crippen LogP contribution is -2.49. The topological polar surface area (TPSA) is 97.1 Å². The van der Waals surface area contributed by atoms with Crippen LogP contribution in [0.15, 0.2) is 36.5 Å². The number of hydrogen-bond donors (Lipinski definition) is 3. The molecule has 1 aromatic carbocycles. The summed E-state index contributed by atoms with van der Waals surface area (Å²) in [5, 5.41) is 6.12. The first-order valence-corrected chi connectivity index (χ1v) is 6.69. The van der Waals surface area contributed by atoms with Crippen molar-refractivity contribution in [1.29, 1.82) is 0 Å². The highest BCUT2D eigenvalue weighted by Gasteiger charge is 2.23. The molecule has 0 saturated heterocycles. The standard InChI is InChI=1S/C15H18N4O2/c1-9(2)13(19-15(16)21)14(20)18-11-7-10-5-3-4-6-12(10)17-8-11/h3-9,13H,1-2H3,(H,18,20)(H3,16,19,21). The number of carbonyl (C=O) groups excluding carboxylic acids is 2. The number of rotatable bonds is 4. The molecule has 2 rings (SSSR count). The summed E-state index contributed by atoms with van der Waals surface area (Å²) in [6, 6.07) is 8.04. The molecule has 0 aliphatic carbocycles. The summed E-state index contributed by atoms with van der Waals surface area (Å²) < 4.78 is 0. The van der Waals surface area contributed by atoms with E-state index in [0.717, 1.165) is 10.9 Å². The Morgan fingerprint density at radius 3 is 2.62 bits per heavy atom. The minimum atomic E-state index is -0.722. The van der Waals surface area contributed by atoms with Gasteiger partial charge in [0.15, 0.2) is 0 Å². The Bertz CT molecular complexity index is 670. The first-order chi connectivity index (χ1) is 9.97. The molecule has 4 N–H and O–H groups in total. The summed E-state index contributed by atoms with van der Waals surface area (Å²) in [4.78, 5) is 27.5. The maximum absolute atomic E-state index is 12.2. The van der Waals surface area contributed by atoms with E-state index in [2.05, 4.69) is 15.6 Å². The van der Waals surface area contributed by atoms with Crippen molar-refractivity contribution in [2.24, 2.45) is 11.7 Å². The van der Waals surface area contributed by atoms with Crippen molar-refractivity contribution in [2.75, 3.05) is 5.32 Å². The van der Waals surface area contributed by atoms with Gasteiger partial charge in [0.05, 0.1) is 17.4 Å². The fraction of sp³-hybridized carbons (Fsp3) is 0.267. The molecule has 110 valence electrons. The predicted molar refractivity (Wildman–Crippen MR) is 81.7 cm³/mol. The minimum absolute atomic E-state index is 0.0779. The maximum atomic E-state index is 12.2. The van der Waals surface area contributed by atoms with Gasteiger partial charge in [-0.15, -0.1) is 0 Å². The predicted octanol–water partition coefficient (Wildman–Crippen LogP) is 1.87. The summed E-state index contributed by atoms with van der Waals surface area (Å²) in [5.41, 5.74) is 6.53. The molecule has 0 aliphatic rings. The Hall–Kier alpha value is -2.63. The number of pyridine rings is 1. The number of urea groups is 1. The van der Waals surface area contributed by atoms with Crippen molar-refractivity contribution in [3.05, 3.63) is 36.5 Å². The fourth-order valence-electron chi connectivity index (χ4n) is 2.05. The zero-order chi connectivity index (χ0) is 15.4. The second-order valence-corrected chi connectivity index (χ2v) is 5.14. The van der Waals surface area contributed by atoms with Crippen molar-refractivity contribution in [3.63, 3.8) is 0 Å². The van der Waals surface area contributed by atoms with Crippen LogP contribution in [0.25, 0.3) is 10.9 Å². The van der Waals surface area contributed by atoms with Crippen LogP contribution in [0, 0.1) is 5.92 Å². The van der Waals surface area contributed by atoms with E-state index in [1.54, 1.807) is 6.20 Å². The van der Waals surface area contributed by atoms with E-state index >= 15 is 0 Å². The van der Waals surface area contributed by atoms with Crippen molar-refractivity contribution in [2.45, 2.75) is 19.9 Å². The zero-order valence-corrected chi connectivity index (χ0v) is 12.0. The molecule has 6 heteroatoms. The van der Waals surface area contributed by atoms with Gasteiger partial charge in [0.25, 0.3) is 0 Å². The Labute approximate surface area is 122 Å². The molecular formula is C15H18N4O2. The van der Waals surface area contributed by atoms with Gasteiger partial charge in [-0.3, -0.25) is 9.78 Å². The third kappa shape index (κ3) is 3.68. The van der Waals surface area contributed by atoms with Crippen LogP contribution < -0.4 is 16.4 Å². The van der Waals surface area contributed by atoms with Crippen molar-refractivity contribution in [1.82, 2.24) is 10.3 Å². The van der Waals surface area contributed by atoms with E-state index in [1.165, 1.54) is 0 Å². The quantitative estimate of drug-likeness (QED) is 0.800. The smallest absolute Gasteiger partial charge is 0.312 e. The number of nitrogens with zero attached hydrogens (tertiary/aromatic N) is 1. The summed E-state index contributed by atoms with van der Waals surface area (Å²) in [6.07, 6.45) is 1.59. The van der Waals surface area contributed by atoms with Gasteiger partial charge in [-0.1, -0.05) is 32.0 Å². The summed E-state index contributed by atoms with van der Waals surface area (Å²) >= 11 is 0. The van der Waals surface area contributed by atoms with Crippen molar-refractivity contribution < 1.29 is 9.59 Å². The highest BCUT2D eigenvalue weighted by molar-refractivity contribution is 5.98. The van der Waals surface area contributed by atoms with E-state index in [9.17, 15) is 9.59 Å². The van der Waals surface area contributed by atoms with E-state index < -0.39 is 12.1 Å². The highest BCUT2D eigenvalue weighted by Crippen LogP contribution is 2.16. The second-order valence-electron chi connectivity index (χ2n) is 5.14. The summed E-state index contributed by atoms with van der Waals surface area (Å²) in [6.45, 7) is 3.66. The van der Waals surface area contributed by atoms with Crippen LogP contribution in [0.2, 0.25) is 0 Å². The zero-order valence-electron chi connectivity index (χ0n) is 12.0. The van der Waals surface area contributed by atoms with Crippen LogP contribution >= 0.6 is 0 Å². The first kappa shape index (κ1) is 14.8. The van der Waals surface area contributed by atoms with Gasteiger partial charge in [0, 0.05) is 5.39 Å². The summed E-state index contributed by atoms with van der Waals surface area (Å²) in [7, 11) is 0. The third-order valence-electron chi connectivity index (χ3n) is 3.10. The Balaban J connectivity index is 2.17. The number of fused-ring (bicyclic) bond motifs is 1. The van der Waals surface area contributed by atoms with Crippen LogP contribution in [-0.2, 0) is 4.79 Å². The van der Waals surface area contributed by atoms with Crippen LogP contribution in [-0.4, -0.2) is 23.0 Å².